The fraction of sp³-hybridized carbons (Fsp3) is 0.471. The van der Waals surface area contributed by atoms with Crippen LogP contribution in [-0.4, -0.2) is 49.0 Å². The van der Waals surface area contributed by atoms with Crippen LogP contribution in [0.5, 0.6) is 0 Å². The van der Waals surface area contributed by atoms with E-state index in [1.807, 2.05) is 0 Å². The third-order valence-corrected chi connectivity index (χ3v) is 6.53. The lowest BCUT2D eigenvalue weighted by Gasteiger charge is -2.33. The number of benzene rings is 1. The smallest absolute Gasteiger partial charge is 0.248 e. The molecule has 1 aromatic carbocycles. The first-order chi connectivity index (χ1) is 11.4. The van der Waals surface area contributed by atoms with Crippen LogP contribution in [0.3, 0.4) is 0 Å². The van der Waals surface area contributed by atoms with Crippen molar-refractivity contribution in [3.63, 3.8) is 0 Å². The number of hydrogen-bond donors (Lipinski definition) is 0. The zero-order valence-electron chi connectivity index (χ0n) is 14.3. The van der Waals surface area contributed by atoms with Crippen LogP contribution in [0.1, 0.15) is 22.6 Å². The third-order valence-electron chi connectivity index (χ3n) is 4.39. The van der Waals surface area contributed by atoms with Gasteiger partial charge < -0.3 is 4.52 Å². The lowest BCUT2D eigenvalue weighted by atomic mass is 10.1. The van der Waals surface area contributed by atoms with Gasteiger partial charge in [0.1, 0.15) is 10.6 Å². The van der Waals surface area contributed by atoms with Gasteiger partial charge in [-0.05, 0) is 26.3 Å². The summed E-state index contributed by atoms with van der Waals surface area (Å²) < 4.78 is 32.2. The van der Waals surface area contributed by atoms with Gasteiger partial charge in [-0.15, -0.1) is 0 Å². The summed E-state index contributed by atoms with van der Waals surface area (Å²) >= 11 is 0. The standard InChI is InChI=1S/C17H23N3O3S/c1-13-5-4-6-16(11-13)12-19-7-9-20(10-8-19)24(21,22)17-14(2)18-23-15(17)3/h4-6,11H,7-10,12H2,1-3H3. The van der Waals surface area contributed by atoms with Gasteiger partial charge in [-0.25, -0.2) is 8.42 Å². The van der Waals surface area contributed by atoms with Gasteiger partial charge >= 0.3 is 0 Å². The second-order valence-electron chi connectivity index (χ2n) is 6.32. The van der Waals surface area contributed by atoms with Crippen LogP contribution in [-0.2, 0) is 16.6 Å². The van der Waals surface area contributed by atoms with Crippen LogP contribution in [0.25, 0.3) is 0 Å². The quantitative estimate of drug-likeness (QED) is 0.846. The van der Waals surface area contributed by atoms with Gasteiger partial charge in [0, 0.05) is 32.7 Å². The molecule has 0 N–H and O–H groups in total. The van der Waals surface area contributed by atoms with Gasteiger partial charge in [0.15, 0.2) is 5.76 Å². The molecule has 3 rings (SSSR count). The SMILES string of the molecule is Cc1cccc(CN2CCN(S(=O)(=O)c3c(C)noc3C)CC2)c1. The first-order valence-electron chi connectivity index (χ1n) is 8.09. The predicted molar refractivity (Wildman–Crippen MR) is 91.2 cm³/mol. The van der Waals surface area contributed by atoms with Gasteiger partial charge in [0.05, 0.1) is 0 Å². The van der Waals surface area contributed by atoms with Gasteiger partial charge in [-0.1, -0.05) is 35.0 Å². The minimum atomic E-state index is -3.53. The predicted octanol–water partition coefficient (Wildman–Crippen LogP) is 2.11. The zero-order chi connectivity index (χ0) is 17.3. The molecule has 6 nitrogen and oxygen atoms in total. The van der Waals surface area contributed by atoms with Gasteiger partial charge in [0.25, 0.3) is 0 Å². The first kappa shape index (κ1) is 17.1. The van der Waals surface area contributed by atoms with Crippen molar-refractivity contribution < 1.29 is 12.9 Å². The number of piperazine rings is 1. The topological polar surface area (TPSA) is 66.7 Å². The van der Waals surface area contributed by atoms with E-state index in [9.17, 15) is 8.42 Å². The first-order valence-corrected chi connectivity index (χ1v) is 9.53. The molecule has 0 amide bonds. The van der Waals surface area contributed by atoms with E-state index in [2.05, 4.69) is 41.2 Å². The fourth-order valence-electron chi connectivity index (χ4n) is 3.17. The monoisotopic (exact) mass is 349 g/mol. The molecule has 0 spiro atoms. The maximum absolute atomic E-state index is 12.8. The molecule has 0 saturated carbocycles. The number of rotatable bonds is 4. The van der Waals surface area contributed by atoms with E-state index >= 15 is 0 Å². The van der Waals surface area contributed by atoms with E-state index < -0.39 is 10.0 Å². The molecule has 0 bridgehead atoms. The van der Waals surface area contributed by atoms with Crippen molar-refractivity contribution in [2.45, 2.75) is 32.2 Å². The summed E-state index contributed by atoms with van der Waals surface area (Å²) in [6, 6.07) is 8.42. The van der Waals surface area contributed by atoms with Crippen LogP contribution in [0.2, 0.25) is 0 Å². The average molecular weight is 349 g/mol. The molecule has 1 aromatic heterocycles. The molecule has 0 aliphatic carbocycles. The molecule has 1 saturated heterocycles. The molecule has 1 aliphatic rings. The molecular formula is C17H23N3O3S. The Morgan fingerprint density at radius 3 is 2.42 bits per heavy atom. The van der Waals surface area contributed by atoms with Crippen LogP contribution >= 0.6 is 0 Å². The molecule has 2 aromatic rings. The summed E-state index contributed by atoms with van der Waals surface area (Å²) in [7, 11) is -3.53. The molecule has 0 unspecified atom stereocenters. The molecule has 24 heavy (non-hydrogen) atoms. The van der Waals surface area contributed by atoms with Crippen molar-refractivity contribution in [1.82, 2.24) is 14.4 Å². The van der Waals surface area contributed by atoms with E-state index in [0.29, 0.717) is 24.5 Å². The highest BCUT2D eigenvalue weighted by molar-refractivity contribution is 7.89. The summed E-state index contributed by atoms with van der Waals surface area (Å²) in [6.07, 6.45) is 0. The molecule has 130 valence electrons. The van der Waals surface area contributed by atoms with Gasteiger partial charge in [-0.3, -0.25) is 4.90 Å². The van der Waals surface area contributed by atoms with E-state index in [0.717, 1.165) is 19.6 Å². The van der Waals surface area contributed by atoms with E-state index in [1.165, 1.54) is 15.4 Å². The van der Waals surface area contributed by atoms with Crippen molar-refractivity contribution in [2.24, 2.45) is 0 Å². The number of aryl methyl sites for hydroxylation is 3. The van der Waals surface area contributed by atoms with Crippen LogP contribution in [0, 0.1) is 20.8 Å². The van der Waals surface area contributed by atoms with E-state index in [1.54, 1.807) is 13.8 Å². The molecular weight excluding hydrogens is 326 g/mol. The minimum absolute atomic E-state index is 0.217. The summed E-state index contributed by atoms with van der Waals surface area (Å²) in [5.74, 6) is 0.356. The summed E-state index contributed by atoms with van der Waals surface area (Å²) in [4.78, 5) is 2.50. The minimum Gasteiger partial charge on any atom is -0.360 e. The Morgan fingerprint density at radius 1 is 1.12 bits per heavy atom. The normalized spacial score (nSPS) is 17.3. The number of nitrogens with zero attached hydrogens (tertiary/aromatic N) is 3. The molecule has 0 atom stereocenters. The molecule has 1 aliphatic heterocycles. The lowest BCUT2D eigenvalue weighted by molar-refractivity contribution is 0.181. The molecule has 0 radical (unpaired) electrons. The van der Waals surface area contributed by atoms with E-state index in [-0.39, 0.29) is 4.90 Å². The van der Waals surface area contributed by atoms with Crippen molar-refractivity contribution in [1.29, 1.82) is 0 Å². The number of hydrogen-bond acceptors (Lipinski definition) is 5. The Morgan fingerprint density at radius 2 is 1.83 bits per heavy atom. The Balaban J connectivity index is 1.67. The van der Waals surface area contributed by atoms with Crippen molar-refractivity contribution in [3.8, 4) is 0 Å². The lowest BCUT2D eigenvalue weighted by Crippen LogP contribution is -2.48. The second kappa shape index (κ2) is 6.66. The average Bonchev–Trinajstić information content (AvgIpc) is 2.87. The van der Waals surface area contributed by atoms with Crippen molar-refractivity contribution in [2.75, 3.05) is 26.2 Å². The summed E-state index contributed by atoms with van der Waals surface area (Å²) in [6.45, 7) is 8.64. The Hall–Kier alpha value is -1.70. The third kappa shape index (κ3) is 3.38. The number of aromatic nitrogens is 1. The largest absolute Gasteiger partial charge is 0.360 e. The second-order valence-corrected chi connectivity index (χ2v) is 8.20. The van der Waals surface area contributed by atoms with Gasteiger partial charge in [-0.2, -0.15) is 4.31 Å². The highest BCUT2D eigenvalue weighted by Crippen LogP contribution is 2.24. The molecule has 7 heteroatoms. The van der Waals surface area contributed by atoms with Crippen LogP contribution in [0.4, 0.5) is 0 Å². The maximum atomic E-state index is 12.8. The Labute approximate surface area is 143 Å². The van der Waals surface area contributed by atoms with E-state index in [4.69, 9.17) is 4.52 Å². The number of sulfonamides is 1. The summed E-state index contributed by atoms with van der Waals surface area (Å²) in [5, 5.41) is 3.77. The van der Waals surface area contributed by atoms with Crippen molar-refractivity contribution in [3.05, 3.63) is 46.8 Å². The Kier molecular flexibility index (Phi) is 4.76. The fourth-order valence-corrected chi connectivity index (χ4v) is 4.88. The van der Waals surface area contributed by atoms with Crippen molar-refractivity contribution >= 4 is 10.0 Å². The Bertz CT molecular complexity index is 802. The summed E-state index contributed by atoms with van der Waals surface area (Å²) in [5.41, 5.74) is 2.93. The maximum Gasteiger partial charge on any atom is 0.248 e. The molecule has 2 heterocycles. The highest BCUT2D eigenvalue weighted by atomic mass is 32.2. The van der Waals surface area contributed by atoms with Crippen LogP contribution in [0.15, 0.2) is 33.7 Å². The molecule has 1 fully saturated rings. The zero-order valence-corrected chi connectivity index (χ0v) is 15.1. The van der Waals surface area contributed by atoms with Gasteiger partial charge in [0.2, 0.25) is 10.0 Å². The highest BCUT2D eigenvalue weighted by Gasteiger charge is 2.33. The van der Waals surface area contributed by atoms with Crippen LogP contribution < -0.4 is 0 Å².